The van der Waals surface area contributed by atoms with Gasteiger partial charge in [0.25, 0.3) is 0 Å². The molecular formula is C28H35N3O3. The molecule has 34 heavy (non-hydrogen) atoms. The van der Waals surface area contributed by atoms with Gasteiger partial charge in [-0.2, -0.15) is 0 Å². The van der Waals surface area contributed by atoms with E-state index >= 15 is 0 Å². The van der Waals surface area contributed by atoms with Crippen molar-refractivity contribution in [2.45, 2.75) is 38.7 Å². The Kier molecular flexibility index (Phi) is 9.05. The number of hydrogen-bond donors (Lipinski definition) is 1. The van der Waals surface area contributed by atoms with E-state index in [0.717, 1.165) is 42.8 Å². The number of esters is 1. The van der Waals surface area contributed by atoms with Crippen molar-refractivity contribution in [1.82, 2.24) is 5.32 Å². The van der Waals surface area contributed by atoms with Crippen molar-refractivity contribution in [2.75, 3.05) is 32.7 Å². The fraction of sp³-hybridized carbons (Fsp3) is 0.357. The summed E-state index contributed by atoms with van der Waals surface area (Å²) in [5.74, 6) is -0.0105. The van der Waals surface area contributed by atoms with Crippen LogP contribution in [0.2, 0.25) is 0 Å². The molecule has 3 rings (SSSR count). The van der Waals surface area contributed by atoms with Crippen LogP contribution in [0, 0.1) is 0 Å². The van der Waals surface area contributed by atoms with Gasteiger partial charge >= 0.3 is 5.97 Å². The highest BCUT2D eigenvalue weighted by Gasteiger charge is 2.22. The van der Waals surface area contributed by atoms with Crippen LogP contribution < -0.4 is 10.2 Å². The first-order chi connectivity index (χ1) is 16.5. The van der Waals surface area contributed by atoms with Crippen LogP contribution in [0.15, 0.2) is 71.0 Å². The van der Waals surface area contributed by atoms with Gasteiger partial charge in [-0.25, -0.2) is 4.79 Å². The molecule has 0 heterocycles. The van der Waals surface area contributed by atoms with E-state index in [1.54, 1.807) is 13.2 Å². The lowest BCUT2D eigenvalue weighted by atomic mass is 9.82. The van der Waals surface area contributed by atoms with Crippen molar-refractivity contribution < 1.29 is 14.3 Å². The molecule has 1 N–H and O–H groups in total. The lowest BCUT2D eigenvalue weighted by Gasteiger charge is -2.29. The van der Waals surface area contributed by atoms with E-state index in [0.29, 0.717) is 18.1 Å². The van der Waals surface area contributed by atoms with Crippen molar-refractivity contribution in [3.8, 4) is 0 Å². The van der Waals surface area contributed by atoms with E-state index in [4.69, 9.17) is 9.47 Å². The van der Waals surface area contributed by atoms with E-state index in [1.165, 1.54) is 30.1 Å². The molecule has 0 saturated carbocycles. The van der Waals surface area contributed by atoms with Crippen molar-refractivity contribution in [3.05, 3.63) is 82.7 Å². The van der Waals surface area contributed by atoms with Crippen LogP contribution in [0.25, 0.3) is 0 Å². The van der Waals surface area contributed by atoms with E-state index in [-0.39, 0.29) is 0 Å². The summed E-state index contributed by atoms with van der Waals surface area (Å²) >= 11 is 0. The summed E-state index contributed by atoms with van der Waals surface area (Å²) in [6, 6.07) is 15.2. The predicted molar refractivity (Wildman–Crippen MR) is 139 cm³/mol. The number of aliphatic imine (C=N–C) groups is 1. The maximum absolute atomic E-state index is 12.1. The zero-order valence-corrected chi connectivity index (χ0v) is 20.6. The summed E-state index contributed by atoms with van der Waals surface area (Å²) in [6.07, 6.45) is 6.46. The molecular weight excluding hydrogens is 426 g/mol. The minimum atomic E-state index is -0.392. The SMILES string of the molecule is C=N/C=C\C(C(=O)OC)=C(/C)NC[C@@H]1CCCc2cc(N(C)c3ccc(COC)cc3)ccc21. The van der Waals surface area contributed by atoms with Gasteiger partial charge in [0.1, 0.15) is 0 Å². The number of anilines is 2. The molecule has 2 aromatic carbocycles. The Bertz CT molecular complexity index is 1060. The summed E-state index contributed by atoms with van der Waals surface area (Å²) in [4.78, 5) is 18.1. The van der Waals surface area contributed by atoms with E-state index in [2.05, 4.69) is 71.4 Å². The van der Waals surface area contributed by atoms with Gasteiger partial charge in [-0.05, 0) is 79.9 Å². The van der Waals surface area contributed by atoms with Crippen LogP contribution in [0.5, 0.6) is 0 Å². The molecule has 0 unspecified atom stereocenters. The minimum absolute atomic E-state index is 0.381. The van der Waals surface area contributed by atoms with E-state index in [9.17, 15) is 4.79 Å². The number of carbonyl (C=O) groups is 1. The Morgan fingerprint density at radius 1 is 1.21 bits per heavy atom. The van der Waals surface area contributed by atoms with Crippen LogP contribution >= 0.6 is 0 Å². The molecule has 1 atom stereocenters. The molecule has 2 aromatic rings. The highest BCUT2D eigenvalue weighted by atomic mass is 16.5. The van der Waals surface area contributed by atoms with Crippen molar-refractivity contribution in [1.29, 1.82) is 0 Å². The number of nitrogens with zero attached hydrogens (tertiary/aromatic N) is 2. The van der Waals surface area contributed by atoms with Gasteiger partial charge in [-0.1, -0.05) is 18.2 Å². The summed E-state index contributed by atoms with van der Waals surface area (Å²) < 4.78 is 10.1. The fourth-order valence-corrected chi connectivity index (χ4v) is 4.41. The number of aryl methyl sites for hydroxylation is 1. The summed E-state index contributed by atoms with van der Waals surface area (Å²) in [6.45, 7) is 6.69. The van der Waals surface area contributed by atoms with Crippen molar-refractivity contribution in [2.24, 2.45) is 4.99 Å². The van der Waals surface area contributed by atoms with Crippen LogP contribution in [-0.4, -0.2) is 40.5 Å². The average Bonchev–Trinajstić information content (AvgIpc) is 2.87. The molecule has 180 valence electrons. The van der Waals surface area contributed by atoms with Gasteiger partial charge in [-0.3, -0.25) is 4.99 Å². The molecule has 0 radical (unpaired) electrons. The van der Waals surface area contributed by atoms with Gasteiger partial charge in [-0.15, -0.1) is 0 Å². The smallest absolute Gasteiger partial charge is 0.339 e. The number of nitrogens with one attached hydrogen (secondary N) is 1. The van der Waals surface area contributed by atoms with Crippen molar-refractivity contribution >= 4 is 24.1 Å². The molecule has 0 spiro atoms. The maximum Gasteiger partial charge on any atom is 0.339 e. The zero-order valence-electron chi connectivity index (χ0n) is 20.6. The van der Waals surface area contributed by atoms with Gasteiger partial charge < -0.3 is 19.7 Å². The number of rotatable bonds is 10. The Morgan fingerprint density at radius 3 is 2.62 bits per heavy atom. The lowest BCUT2D eigenvalue weighted by Crippen LogP contribution is -2.25. The Labute approximate surface area is 203 Å². The average molecular weight is 462 g/mol. The van der Waals surface area contributed by atoms with E-state index in [1.807, 2.05) is 6.92 Å². The second-order valence-electron chi connectivity index (χ2n) is 8.54. The second kappa shape index (κ2) is 12.2. The fourth-order valence-electron chi connectivity index (χ4n) is 4.41. The van der Waals surface area contributed by atoms with Gasteiger partial charge in [0.05, 0.1) is 19.3 Å². The number of fused-ring (bicyclic) bond motifs is 1. The highest BCUT2D eigenvalue weighted by molar-refractivity contribution is 5.92. The normalized spacial score (nSPS) is 15.9. The first-order valence-corrected chi connectivity index (χ1v) is 11.6. The van der Waals surface area contributed by atoms with E-state index < -0.39 is 5.97 Å². The summed E-state index contributed by atoms with van der Waals surface area (Å²) in [5.41, 5.74) is 7.49. The predicted octanol–water partition coefficient (Wildman–Crippen LogP) is 5.27. The number of carbonyl (C=O) groups excluding carboxylic acids is 1. The monoisotopic (exact) mass is 461 g/mol. The topological polar surface area (TPSA) is 63.2 Å². The summed E-state index contributed by atoms with van der Waals surface area (Å²) in [5, 5.41) is 3.44. The van der Waals surface area contributed by atoms with Crippen LogP contribution in [0.4, 0.5) is 11.4 Å². The first kappa shape index (κ1) is 25.2. The van der Waals surface area contributed by atoms with Gasteiger partial charge in [0.2, 0.25) is 0 Å². The first-order valence-electron chi connectivity index (χ1n) is 11.6. The second-order valence-corrected chi connectivity index (χ2v) is 8.54. The molecule has 0 aliphatic heterocycles. The van der Waals surface area contributed by atoms with Crippen LogP contribution in [-0.2, 0) is 27.3 Å². The molecule has 1 aliphatic carbocycles. The van der Waals surface area contributed by atoms with Gasteiger partial charge in [0.15, 0.2) is 0 Å². The number of methoxy groups -OCH3 is 2. The number of benzene rings is 2. The quantitative estimate of drug-likeness (QED) is 0.226. The highest BCUT2D eigenvalue weighted by Crippen LogP contribution is 2.35. The molecule has 0 aromatic heterocycles. The summed E-state index contributed by atoms with van der Waals surface area (Å²) in [7, 11) is 5.19. The largest absolute Gasteiger partial charge is 0.465 e. The molecule has 0 saturated heterocycles. The van der Waals surface area contributed by atoms with Crippen molar-refractivity contribution in [3.63, 3.8) is 0 Å². The molecule has 0 amide bonds. The molecule has 6 nitrogen and oxygen atoms in total. The molecule has 0 bridgehead atoms. The zero-order chi connectivity index (χ0) is 24.5. The van der Waals surface area contributed by atoms with Crippen LogP contribution in [0.1, 0.15) is 42.4 Å². The number of ether oxygens (including phenoxy) is 2. The number of hydrogen-bond acceptors (Lipinski definition) is 6. The maximum atomic E-state index is 12.1. The van der Waals surface area contributed by atoms with Gasteiger partial charge in [0, 0.05) is 49.9 Å². The number of allylic oxidation sites excluding steroid dienone is 1. The Hall–Kier alpha value is -3.38. The Balaban J connectivity index is 1.75. The lowest BCUT2D eigenvalue weighted by molar-refractivity contribution is -0.135. The molecule has 0 fully saturated rings. The minimum Gasteiger partial charge on any atom is -0.465 e. The molecule has 6 heteroatoms. The third-order valence-electron chi connectivity index (χ3n) is 6.36. The standard InChI is InChI=1S/C28H35N3O3/c1-20(26(15-16-29-2)28(32)34-5)30-18-23-8-6-7-22-17-25(13-14-27(22)23)31(3)24-11-9-21(10-12-24)19-33-4/h9-17,23,30H,2,6-8,18-19H2,1,3-5H3/b16-15-,26-20-/t23-/m0/s1. The third-order valence-corrected chi connectivity index (χ3v) is 6.36. The Morgan fingerprint density at radius 2 is 1.94 bits per heavy atom. The third kappa shape index (κ3) is 6.14. The van der Waals surface area contributed by atoms with Crippen LogP contribution in [0.3, 0.4) is 0 Å². The molecule has 1 aliphatic rings.